The van der Waals surface area contributed by atoms with Gasteiger partial charge in [-0.05, 0) is 42.0 Å². The third-order valence-electron chi connectivity index (χ3n) is 3.24. The van der Waals surface area contributed by atoms with Gasteiger partial charge < -0.3 is 0 Å². The lowest BCUT2D eigenvalue weighted by molar-refractivity contribution is 0.582. The van der Waals surface area contributed by atoms with Crippen LogP contribution >= 0.6 is 22.9 Å². The fraction of sp³-hybridized carbons (Fsp3) is 0.0625. The van der Waals surface area contributed by atoms with Crippen LogP contribution in [0.15, 0.2) is 58.9 Å². The van der Waals surface area contributed by atoms with E-state index < -0.39 is 10.0 Å². The second-order valence-electron chi connectivity index (χ2n) is 4.88. The maximum Gasteiger partial charge on any atom is 0.250 e. The monoisotopic (exact) mass is 382 g/mol. The normalized spacial score (nSPS) is 11.6. The molecule has 4 nitrogen and oxygen atoms in total. The van der Waals surface area contributed by atoms with Crippen LogP contribution in [0.3, 0.4) is 0 Å². The fourth-order valence-electron chi connectivity index (χ4n) is 2.02. The Kier molecular flexibility index (Phi) is 4.96. The van der Waals surface area contributed by atoms with Crippen molar-refractivity contribution >= 4 is 33.0 Å². The van der Waals surface area contributed by atoms with Crippen molar-refractivity contribution in [3.8, 4) is 10.4 Å². The highest BCUT2D eigenvalue weighted by molar-refractivity contribution is 7.91. The molecule has 0 aliphatic heterocycles. The molecule has 2 heterocycles. The Bertz CT molecular complexity index is 956. The molecule has 0 amide bonds. The molecule has 3 aromatic rings. The SMILES string of the molecule is O=S(=O)(NCc1ncccc1Cl)c1ccc(-c2ccc(F)cc2)s1. The van der Waals surface area contributed by atoms with Gasteiger partial charge in [0.05, 0.1) is 17.3 Å². The van der Waals surface area contributed by atoms with E-state index in [9.17, 15) is 12.8 Å². The zero-order valence-electron chi connectivity index (χ0n) is 12.2. The number of benzene rings is 1. The maximum atomic E-state index is 13.0. The summed E-state index contributed by atoms with van der Waals surface area (Å²) < 4.78 is 40.4. The number of thiophene rings is 1. The van der Waals surface area contributed by atoms with Crippen molar-refractivity contribution in [3.63, 3.8) is 0 Å². The standard InChI is InChI=1S/C16H12ClFN2O2S2/c17-13-2-1-9-19-14(13)10-20-24(21,22)16-8-7-15(23-16)11-3-5-12(18)6-4-11/h1-9,20H,10H2. The summed E-state index contributed by atoms with van der Waals surface area (Å²) in [5.41, 5.74) is 1.22. The molecule has 1 N–H and O–H groups in total. The number of hydrogen-bond acceptors (Lipinski definition) is 4. The molecule has 3 rings (SSSR count). The number of nitrogens with zero attached hydrogens (tertiary/aromatic N) is 1. The van der Waals surface area contributed by atoms with Crippen LogP contribution in [0.1, 0.15) is 5.69 Å². The van der Waals surface area contributed by atoms with E-state index in [2.05, 4.69) is 9.71 Å². The summed E-state index contributed by atoms with van der Waals surface area (Å²) in [7, 11) is -3.67. The van der Waals surface area contributed by atoms with Crippen LogP contribution in [-0.2, 0) is 16.6 Å². The Morgan fingerprint density at radius 2 is 1.88 bits per heavy atom. The second-order valence-corrected chi connectivity index (χ2v) is 8.37. The van der Waals surface area contributed by atoms with Gasteiger partial charge in [-0.2, -0.15) is 0 Å². The van der Waals surface area contributed by atoms with E-state index in [1.807, 2.05) is 0 Å². The van der Waals surface area contributed by atoms with Gasteiger partial charge in [0.15, 0.2) is 0 Å². The Hall–Kier alpha value is -1.80. The lowest BCUT2D eigenvalue weighted by Crippen LogP contribution is -2.23. The van der Waals surface area contributed by atoms with Crippen LogP contribution in [0.5, 0.6) is 0 Å². The fourth-order valence-corrected chi connectivity index (χ4v) is 4.55. The van der Waals surface area contributed by atoms with E-state index in [4.69, 9.17) is 11.6 Å². The van der Waals surface area contributed by atoms with Crippen LogP contribution in [0.4, 0.5) is 4.39 Å². The Balaban J connectivity index is 1.78. The molecule has 0 bridgehead atoms. The predicted molar refractivity (Wildman–Crippen MR) is 93.0 cm³/mol. The molecule has 0 aliphatic carbocycles. The zero-order chi connectivity index (χ0) is 17.2. The second kappa shape index (κ2) is 6.98. The quantitative estimate of drug-likeness (QED) is 0.723. The summed E-state index contributed by atoms with van der Waals surface area (Å²) in [5, 5.41) is 0.401. The average Bonchev–Trinajstić information content (AvgIpc) is 3.06. The lowest BCUT2D eigenvalue weighted by Gasteiger charge is -2.05. The van der Waals surface area contributed by atoms with Gasteiger partial charge in [-0.25, -0.2) is 17.5 Å². The van der Waals surface area contributed by atoms with E-state index in [1.165, 1.54) is 18.2 Å². The van der Waals surface area contributed by atoms with Gasteiger partial charge in [-0.15, -0.1) is 11.3 Å². The van der Waals surface area contributed by atoms with E-state index in [0.29, 0.717) is 10.7 Å². The molecule has 0 spiro atoms. The van der Waals surface area contributed by atoms with Crippen molar-refractivity contribution in [2.75, 3.05) is 0 Å². The average molecular weight is 383 g/mol. The van der Waals surface area contributed by atoms with Gasteiger partial charge in [0.2, 0.25) is 10.0 Å². The van der Waals surface area contributed by atoms with Crippen molar-refractivity contribution in [3.05, 3.63) is 71.3 Å². The summed E-state index contributed by atoms with van der Waals surface area (Å²) in [6.45, 7) is 0.00574. The number of halogens is 2. The summed E-state index contributed by atoms with van der Waals surface area (Å²) in [4.78, 5) is 4.79. The van der Waals surface area contributed by atoms with Crippen LogP contribution < -0.4 is 4.72 Å². The highest BCUT2D eigenvalue weighted by Crippen LogP contribution is 2.30. The number of sulfonamides is 1. The van der Waals surface area contributed by atoms with Gasteiger partial charge in [0, 0.05) is 11.1 Å². The van der Waals surface area contributed by atoms with Gasteiger partial charge in [0.25, 0.3) is 0 Å². The Labute approximate surface area is 148 Å². The molecule has 2 aromatic heterocycles. The third-order valence-corrected chi connectivity index (χ3v) is 6.61. The smallest absolute Gasteiger partial charge is 0.250 e. The first-order valence-corrected chi connectivity index (χ1v) is 9.58. The van der Waals surface area contributed by atoms with Gasteiger partial charge in [0.1, 0.15) is 10.0 Å². The summed E-state index contributed by atoms with van der Waals surface area (Å²) in [6, 6.07) is 12.4. The lowest BCUT2D eigenvalue weighted by atomic mass is 10.2. The number of aromatic nitrogens is 1. The van der Waals surface area contributed by atoms with Crippen molar-refractivity contribution in [2.24, 2.45) is 0 Å². The predicted octanol–water partition coefficient (Wildman–Crippen LogP) is 4.08. The molecule has 24 heavy (non-hydrogen) atoms. The van der Waals surface area contributed by atoms with Gasteiger partial charge in [-0.1, -0.05) is 23.7 Å². The molecular formula is C16H12ClFN2O2S2. The molecule has 1 aromatic carbocycles. The first-order chi connectivity index (χ1) is 11.5. The summed E-state index contributed by atoms with van der Waals surface area (Å²) >= 11 is 7.08. The molecule has 8 heteroatoms. The molecular weight excluding hydrogens is 371 g/mol. The Morgan fingerprint density at radius 1 is 1.12 bits per heavy atom. The van der Waals surface area contributed by atoms with E-state index in [0.717, 1.165) is 21.8 Å². The van der Waals surface area contributed by atoms with Crippen LogP contribution in [0.2, 0.25) is 5.02 Å². The van der Waals surface area contributed by atoms with Crippen molar-refractivity contribution < 1.29 is 12.8 Å². The third kappa shape index (κ3) is 3.81. The van der Waals surface area contributed by atoms with Crippen LogP contribution in [0.25, 0.3) is 10.4 Å². The van der Waals surface area contributed by atoms with Gasteiger partial charge >= 0.3 is 0 Å². The minimum atomic E-state index is -3.67. The molecule has 0 saturated carbocycles. The maximum absolute atomic E-state index is 13.0. The summed E-state index contributed by atoms with van der Waals surface area (Å²) in [5.74, 6) is -0.336. The van der Waals surface area contributed by atoms with Crippen LogP contribution in [-0.4, -0.2) is 13.4 Å². The first kappa shape index (κ1) is 17.0. The molecule has 124 valence electrons. The van der Waals surface area contributed by atoms with E-state index in [-0.39, 0.29) is 16.6 Å². The van der Waals surface area contributed by atoms with Crippen molar-refractivity contribution in [1.82, 2.24) is 9.71 Å². The molecule has 0 aliphatic rings. The highest BCUT2D eigenvalue weighted by Gasteiger charge is 2.18. The van der Waals surface area contributed by atoms with Crippen LogP contribution in [0, 0.1) is 5.82 Å². The molecule has 0 radical (unpaired) electrons. The summed E-state index contributed by atoms with van der Waals surface area (Å²) in [6.07, 6.45) is 1.55. The van der Waals surface area contributed by atoms with E-state index in [1.54, 1.807) is 36.5 Å². The van der Waals surface area contributed by atoms with Crippen molar-refractivity contribution in [2.45, 2.75) is 10.8 Å². The number of pyridine rings is 1. The first-order valence-electron chi connectivity index (χ1n) is 6.90. The van der Waals surface area contributed by atoms with Crippen molar-refractivity contribution in [1.29, 1.82) is 0 Å². The number of rotatable bonds is 5. The van der Waals surface area contributed by atoms with E-state index >= 15 is 0 Å². The number of nitrogens with one attached hydrogen (secondary N) is 1. The molecule has 0 saturated heterocycles. The number of hydrogen-bond donors (Lipinski definition) is 1. The highest BCUT2D eigenvalue weighted by atomic mass is 35.5. The molecule has 0 unspecified atom stereocenters. The zero-order valence-corrected chi connectivity index (χ0v) is 14.6. The largest absolute Gasteiger partial charge is 0.258 e. The topological polar surface area (TPSA) is 59.1 Å². The molecule has 0 atom stereocenters. The molecule has 0 fully saturated rings. The van der Waals surface area contributed by atoms with Gasteiger partial charge in [-0.3, -0.25) is 4.98 Å². The minimum absolute atomic E-state index is 0.00574. The minimum Gasteiger partial charge on any atom is -0.258 e. The Morgan fingerprint density at radius 3 is 2.58 bits per heavy atom.